The van der Waals surface area contributed by atoms with E-state index in [1.807, 2.05) is 26.0 Å². The molecule has 2 aromatic rings. The number of aromatic hydroxyl groups is 1. The molecule has 132 valence electrons. The van der Waals surface area contributed by atoms with Gasteiger partial charge >= 0.3 is 0 Å². The summed E-state index contributed by atoms with van der Waals surface area (Å²) in [5.74, 6) is 2.37. The Morgan fingerprint density at radius 3 is 1.79 bits per heavy atom. The van der Waals surface area contributed by atoms with Crippen LogP contribution in [0.25, 0.3) is 0 Å². The summed E-state index contributed by atoms with van der Waals surface area (Å²) in [7, 11) is 0. The van der Waals surface area contributed by atoms with E-state index in [-0.39, 0.29) is 0 Å². The van der Waals surface area contributed by atoms with Gasteiger partial charge in [0, 0.05) is 0 Å². The molecule has 2 rings (SSSR count). The van der Waals surface area contributed by atoms with Gasteiger partial charge in [0.1, 0.15) is 11.5 Å². The molecule has 0 aromatic heterocycles. The SMILES string of the molecule is CCOc1ccc(C)cc1C(C)C.Cc1ccc(O)c(C(C)C)c1. The highest BCUT2D eigenvalue weighted by Gasteiger charge is 2.07. The summed E-state index contributed by atoms with van der Waals surface area (Å²) in [6, 6.07) is 12.1. The van der Waals surface area contributed by atoms with Gasteiger partial charge in [-0.05, 0) is 55.9 Å². The number of aryl methyl sites for hydroxylation is 2. The monoisotopic (exact) mass is 328 g/mol. The second kappa shape index (κ2) is 9.36. The van der Waals surface area contributed by atoms with Crippen LogP contribution in [0.1, 0.15) is 68.7 Å². The van der Waals surface area contributed by atoms with Crippen molar-refractivity contribution in [1.29, 1.82) is 0 Å². The first kappa shape index (κ1) is 20.1. The zero-order valence-corrected chi connectivity index (χ0v) is 16.2. The minimum Gasteiger partial charge on any atom is -0.508 e. The zero-order valence-electron chi connectivity index (χ0n) is 16.2. The lowest BCUT2D eigenvalue weighted by molar-refractivity contribution is 0.335. The van der Waals surface area contributed by atoms with Gasteiger partial charge in [0.25, 0.3) is 0 Å². The fourth-order valence-corrected chi connectivity index (χ4v) is 2.54. The molecule has 24 heavy (non-hydrogen) atoms. The molecule has 0 spiro atoms. The van der Waals surface area contributed by atoms with E-state index in [1.54, 1.807) is 6.07 Å². The summed E-state index contributed by atoms with van der Waals surface area (Å²) >= 11 is 0. The molecule has 0 bridgehead atoms. The van der Waals surface area contributed by atoms with Crippen LogP contribution in [-0.4, -0.2) is 11.7 Å². The van der Waals surface area contributed by atoms with Gasteiger partial charge in [-0.1, -0.05) is 63.1 Å². The van der Waals surface area contributed by atoms with Crippen molar-refractivity contribution < 1.29 is 9.84 Å². The van der Waals surface area contributed by atoms with Crippen LogP contribution in [0, 0.1) is 13.8 Å². The van der Waals surface area contributed by atoms with Crippen molar-refractivity contribution in [3.05, 3.63) is 58.7 Å². The van der Waals surface area contributed by atoms with Crippen molar-refractivity contribution in [2.45, 2.75) is 60.3 Å². The summed E-state index contributed by atoms with van der Waals surface area (Å²) in [6.45, 7) is 15.4. The van der Waals surface area contributed by atoms with Gasteiger partial charge in [0.05, 0.1) is 6.61 Å². The van der Waals surface area contributed by atoms with Crippen LogP contribution in [-0.2, 0) is 0 Å². The second-order valence-electron chi connectivity index (χ2n) is 6.85. The predicted octanol–water partition coefficient (Wildman–Crippen LogP) is 6.34. The molecule has 0 aliphatic carbocycles. The molecule has 0 aliphatic heterocycles. The lowest BCUT2D eigenvalue weighted by atomic mass is 10.00. The third-order valence-electron chi connectivity index (χ3n) is 3.89. The van der Waals surface area contributed by atoms with Gasteiger partial charge in [-0.15, -0.1) is 0 Å². The van der Waals surface area contributed by atoms with E-state index < -0.39 is 0 Å². The first-order valence-corrected chi connectivity index (χ1v) is 8.79. The Labute approximate surface area is 147 Å². The van der Waals surface area contributed by atoms with Gasteiger partial charge in [-0.2, -0.15) is 0 Å². The van der Waals surface area contributed by atoms with Crippen molar-refractivity contribution >= 4 is 0 Å². The van der Waals surface area contributed by atoms with Gasteiger partial charge < -0.3 is 9.84 Å². The van der Waals surface area contributed by atoms with Crippen LogP contribution in [0.2, 0.25) is 0 Å². The fraction of sp³-hybridized carbons (Fsp3) is 0.455. The third kappa shape index (κ3) is 5.92. The van der Waals surface area contributed by atoms with Crippen molar-refractivity contribution in [2.75, 3.05) is 6.61 Å². The van der Waals surface area contributed by atoms with E-state index in [9.17, 15) is 5.11 Å². The molecule has 0 atom stereocenters. The van der Waals surface area contributed by atoms with E-state index in [0.717, 1.165) is 17.9 Å². The first-order valence-electron chi connectivity index (χ1n) is 8.79. The van der Waals surface area contributed by atoms with Gasteiger partial charge in [-0.25, -0.2) is 0 Å². The standard InChI is InChI=1S/C12H18O.C10H14O/c1-5-13-12-7-6-10(4)8-11(12)9(2)3;1-7(2)9-6-8(3)4-5-10(9)11/h6-9H,5H2,1-4H3;4-7,11H,1-3H3. The maximum Gasteiger partial charge on any atom is 0.122 e. The number of rotatable bonds is 4. The minimum atomic E-state index is 0.398. The topological polar surface area (TPSA) is 29.5 Å². The fourth-order valence-electron chi connectivity index (χ4n) is 2.54. The number of hydrogen-bond acceptors (Lipinski definition) is 2. The largest absolute Gasteiger partial charge is 0.508 e. The van der Waals surface area contributed by atoms with Gasteiger partial charge in [0.15, 0.2) is 0 Å². The van der Waals surface area contributed by atoms with Gasteiger partial charge in [0.2, 0.25) is 0 Å². The van der Waals surface area contributed by atoms with E-state index in [1.165, 1.54) is 16.7 Å². The molecule has 2 aromatic carbocycles. The molecule has 0 unspecified atom stereocenters. The van der Waals surface area contributed by atoms with Crippen LogP contribution < -0.4 is 4.74 Å². The van der Waals surface area contributed by atoms with Crippen LogP contribution >= 0.6 is 0 Å². The summed E-state index contributed by atoms with van der Waals surface area (Å²) in [5, 5.41) is 9.41. The molecule has 1 N–H and O–H groups in total. The molecule has 0 heterocycles. The van der Waals surface area contributed by atoms with Crippen molar-refractivity contribution in [2.24, 2.45) is 0 Å². The molecular formula is C22H32O2. The molecule has 2 nitrogen and oxygen atoms in total. The van der Waals surface area contributed by atoms with E-state index >= 15 is 0 Å². The molecule has 0 amide bonds. The molecule has 0 fully saturated rings. The number of hydrogen-bond donors (Lipinski definition) is 1. The second-order valence-corrected chi connectivity index (χ2v) is 6.85. The van der Waals surface area contributed by atoms with E-state index in [4.69, 9.17) is 4.74 Å². The zero-order chi connectivity index (χ0) is 18.3. The van der Waals surface area contributed by atoms with Crippen LogP contribution in [0.4, 0.5) is 0 Å². The Morgan fingerprint density at radius 1 is 0.833 bits per heavy atom. The Balaban J connectivity index is 0.000000243. The molecule has 2 heteroatoms. The number of phenols is 1. The maximum absolute atomic E-state index is 9.41. The third-order valence-corrected chi connectivity index (χ3v) is 3.89. The van der Waals surface area contributed by atoms with Crippen LogP contribution in [0.5, 0.6) is 11.5 Å². The van der Waals surface area contributed by atoms with E-state index in [2.05, 4.69) is 52.8 Å². The average Bonchev–Trinajstić information content (AvgIpc) is 2.52. The minimum absolute atomic E-state index is 0.398. The lowest BCUT2D eigenvalue weighted by Crippen LogP contribution is -1.98. The summed E-state index contributed by atoms with van der Waals surface area (Å²) in [5.41, 5.74) is 4.84. The molecule has 0 aliphatic rings. The average molecular weight is 328 g/mol. The predicted molar refractivity (Wildman–Crippen MR) is 103 cm³/mol. The maximum atomic E-state index is 9.41. The van der Waals surface area contributed by atoms with Crippen LogP contribution in [0.15, 0.2) is 36.4 Å². The Morgan fingerprint density at radius 2 is 1.33 bits per heavy atom. The number of ether oxygens (including phenoxy) is 1. The van der Waals surface area contributed by atoms with Crippen molar-refractivity contribution in [1.82, 2.24) is 0 Å². The summed E-state index contributed by atoms with van der Waals surface area (Å²) in [6.07, 6.45) is 0. The number of benzene rings is 2. The first-order chi connectivity index (χ1) is 11.3. The van der Waals surface area contributed by atoms with Crippen LogP contribution in [0.3, 0.4) is 0 Å². The number of phenolic OH excluding ortho intramolecular Hbond substituents is 1. The molecule has 0 saturated heterocycles. The molecule has 0 radical (unpaired) electrons. The van der Waals surface area contributed by atoms with Gasteiger partial charge in [-0.3, -0.25) is 0 Å². The van der Waals surface area contributed by atoms with Crippen molar-refractivity contribution in [3.63, 3.8) is 0 Å². The Bertz CT molecular complexity index is 642. The highest BCUT2D eigenvalue weighted by atomic mass is 16.5. The lowest BCUT2D eigenvalue weighted by Gasteiger charge is -2.13. The Kier molecular flexibility index (Phi) is 7.84. The Hall–Kier alpha value is -1.96. The summed E-state index contributed by atoms with van der Waals surface area (Å²) < 4.78 is 5.55. The summed E-state index contributed by atoms with van der Waals surface area (Å²) in [4.78, 5) is 0. The quantitative estimate of drug-likeness (QED) is 0.709. The van der Waals surface area contributed by atoms with Crippen molar-refractivity contribution in [3.8, 4) is 11.5 Å². The smallest absolute Gasteiger partial charge is 0.122 e. The highest BCUT2D eigenvalue weighted by Crippen LogP contribution is 2.27. The highest BCUT2D eigenvalue weighted by molar-refractivity contribution is 5.39. The van der Waals surface area contributed by atoms with E-state index in [0.29, 0.717) is 17.6 Å². The molecule has 0 saturated carbocycles. The normalized spacial score (nSPS) is 10.5. The molecular weight excluding hydrogens is 296 g/mol.